The fourth-order valence-corrected chi connectivity index (χ4v) is 3.95. The van der Waals surface area contributed by atoms with Crippen molar-refractivity contribution in [3.63, 3.8) is 0 Å². The minimum Gasteiger partial charge on any atom is -0.480 e. The summed E-state index contributed by atoms with van der Waals surface area (Å²) in [6.07, 6.45) is 2.95. The number of rotatable bonds is 10. The van der Waals surface area contributed by atoms with Gasteiger partial charge in [0, 0.05) is 17.1 Å². The first-order valence-corrected chi connectivity index (χ1v) is 10.6. The highest BCUT2D eigenvalue weighted by Gasteiger charge is 2.17. The molecule has 1 aromatic carbocycles. The molecule has 28 heavy (non-hydrogen) atoms. The molecular weight excluding hydrogens is 400 g/mol. The smallest absolute Gasteiger partial charge is 0.323 e. The van der Waals surface area contributed by atoms with E-state index in [-0.39, 0.29) is 18.2 Å². The number of carboxylic acids is 1. The number of benzene rings is 1. The van der Waals surface area contributed by atoms with E-state index >= 15 is 0 Å². The van der Waals surface area contributed by atoms with Gasteiger partial charge in [-0.2, -0.15) is 0 Å². The van der Waals surface area contributed by atoms with Crippen LogP contribution in [0, 0.1) is 0 Å². The Morgan fingerprint density at radius 1 is 1.21 bits per heavy atom. The molecule has 1 amide bonds. The van der Waals surface area contributed by atoms with Gasteiger partial charge in [0.2, 0.25) is 5.91 Å². The summed E-state index contributed by atoms with van der Waals surface area (Å²) in [6.45, 7) is 5.79. The lowest BCUT2D eigenvalue weighted by Crippen LogP contribution is -2.18. The number of carbonyl (C=O) groups excluding carboxylic acids is 1. The van der Waals surface area contributed by atoms with Gasteiger partial charge in [-0.3, -0.25) is 14.2 Å². The van der Waals surface area contributed by atoms with Crippen molar-refractivity contribution in [1.82, 2.24) is 14.8 Å². The normalized spacial score (nSPS) is 10.9. The van der Waals surface area contributed by atoms with Crippen molar-refractivity contribution in [2.75, 3.05) is 11.1 Å². The topological polar surface area (TPSA) is 97.1 Å². The summed E-state index contributed by atoms with van der Waals surface area (Å²) in [5.41, 5.74) is 2.71. The lowest BCUT2D eigenvalue weighted by Gasteiger charge is -2.16. The summed E-state index contributed by atoms with van der Waals surface area (Å²) in [4.78, 5) is 23.7. The van der Waals surface area contributed by atoms with Crippen molar-refractivity contribution >= 4 is 40.9 Å². The molecule has 2 rings (SSSR count). The van der Waals surface area contributed by atoms with Gasteiger partial charge in [0.25, 0.3) is 0 Å². The van der Waals surface area contributed by atoms with E-state index in [4.69, 9.17) is 16.7 Å². The van der Waals surface area contributed by atoms with Crippen LogP contribution in [0.15, 0.2) is 17.3 Å². The van der Waals surface area contributed by atoms with Crippen molar-refractivity contribution in [2.45, 2.75) is 58.2 Å². The van der Waals surface area contributed by atoms with Gasteiger partial charge in [-0.25, -0.2) is 0 Å². The number of nitrogens with zero attached hydrogens (tertiary/aromatic N) is 3. The average Bonchev–Trinajstić information content (AvgIpc) is 3.02. The molecule has 1 aromatic heterocycles. The molecule has 9 heteroatoms. The fraction of sp³-hybridized carbons (Fsp3) is 0.474. The zero-order chi connectivity index (χ0) is 20.7. The SMILES string of the molecule is CCCc1nnc(SCC(=O)Nc2c(CC)ccc(Cl)c2CC)n1CC(=O)O. The van der Waals surface area contributed by atoms with Crippen molar-refractivity contribution in [3.05, 3.63) is 34.1 Å². The number of halogens is 1. The Bertz CT molecular complexity index is 854. The molecule has 0 aliphatic carbocycles. The summed E-state index contributed by atoms with van der Waals surface area (Å²) in [7, 11) is 0. The Morgan fingerprint density at radius 2 is 1.96 bits per heavy atom. The number of aliphatic carboxylic acids is 1. The number of aromatic nitrogens is 3. The average molecular weight is 425 g/mol. The third-order valence-corrected chi connectivity index (χ3v) is 5.55. The zero-order valence-corrected chi connectivity index (χ0v) is 17.9. The number of hydrogen-bond donors (Lipinski definition) is 2. The first-order valence-electron chi connectivity index (χ1n) is 9.27. The predicted molar refractivity (Wildman–Crippen MR) is 111 cm³/mol. The molecule has 2 N–H and O–H groups in total. The van der Waals surface area contributed by atoms with Crippen LogP contribution in [0.3, 0.4) is 0 Å². The molecular formula is C19H25ClN4O3S. The number of amides is 1. The second-order valence-corrected chi connectivity index (χ2v) is 7.58. The van der Waals surface area contributed by atoms with E-state index in [0.29, 0.717) is 28.8 Å². The second-order valence-electron chi connectivity index (χ2n) is 6.23. The molecule has 1 heterocycles. The van der Waals surface area contributed by atoms with Crippen LogP contribution in [0.5, 0.6) is 0 Å². The standard InChI is InChI=1S/C19H25ClN4O3S/c1-4-7-15-22-23-19(24(15)10-17(26)27)28-11-16(25)21-18-12(5-2)8-9-14(20)13(18)6-3/h8-9H,4-7,10-11H2,1-3H3,(H,21,25)(H,26,27). The molecule has 0 bridgehead atoms. The maximum atomic E-state index is 12.6. The van der Waals surface area contributed by atoms with Gasteiger partial charge >= 0.3 is 5.97 Å². The molecule has 2 aromatic rings. The second kappa shape index (κ2) is 10.5. The summed E-state index contributed by atoms with van der Waals surface area (Å²) >= 11 is 7.46. The van der Waals surface area contributed by atoms with E-state index < -0.39 is 5.97 Å². The molecule has 0 aliphatic heterocycles. The molecule has 0 unspecified atom stereocenters. The van der Waals surface area contributed by atoms with Crippen LogP contribution in [0.2, 0.25) is 5.02 Å². The van der Waals surface area contributed by atoms with Crippen LogP contribution in [0.4, 0.5) is 5.69 Å². The maximum absolute atomic E-state index is 12.6. The van der Waals surface area contributed by atoms with Crippen LogP contribution >= 0.6 is 23.4 Å². The molecule has 0 fully saturated rings. The minimum absolute atomic E-state index is 0.0999. The van der Waals surface area contributed by atoms with Crippen molar-refractivity contribution in [3.8, 4) is 0 Å². The third-order valence-electron chi connectivity index (χ3n) is 4.23. The number of hydrogen-bond acceptors (Lipinski definition) is 5. The van der Waals surface area contributed by atoms with E-state index in [2.05, 4.69) is 15.5 Å². The predicted octanol–water partition coefficient (Wildman–Crippen LogP) is 3.82. The van der Waals surface area contributed by atoms with Gasteiger partial charge < -0.3 is 10.4 Å². The number of aryl methyl sites for hydroxylation is 2. The molecule has 0 atom stereocenters. The summed E-state index contributed by atoms with van der Waals surface area (Å²) in [5.74, 6) is -0.451. The van der Waals surface area contributed by atoms with Crippen LogP contribution in [0.1, 0.15) is 44.1 Å². The first-order chi connectivity index (χ1) is 13.4. The maximum Gasteiger partial charge on any atom is 0.323 e. The highest BCUT2D eigenvalue weighted by molar-refractivity contribution is 7.99. The number of carboxylic acid groups (broad SMARTS) is 1. The Kier molecular flexibility index (Phi) is 8.32. The van der Waals surface area contributed by atoms with E-state index in [1.165, 1.54) is 11.8 Å². The quantitative estimate of drug-likeness (QED) is 0.562. The van der Waals surface area contributed by atoms with Gasteiger partial charge in [0.15, 0.2) is 5.16 Å². The first kappa shape index (κ1) is 22.2. The van der Waals surface area contributed by atoms with Crippen molar-refractivity contribution < 1.29 is 14.7 Å². The summed E-state index contributed by atoms with van der Waals surface area (Å²) < 4.78 is 1.55. The Hall–Kier alpha value is -2.06. The number of anilines is 1. The summed E-state index contributed by atoms with van der Waals surface area (Å²) in [5, 5.41) is 21.3. The van der Waals surface area contributed by atoms with Gasteiger partial charge in [0.1, 0.15) is 12.4 Å². The molecule has 0 saturated carbocycles. The lowest BCUT2D eigenvalue weighted by atomic mass is 10.0. The van der Waals surface area contributed by atoms with E-state index in [1.54, 1.807) is 4.57 Å². The molecule has 0 aliphatic rings. The van der Waals surface area contributed by atoms with Gasteiger partial charge in [-0.15, -0.1) is 10.2 Å². The monoisotopic (exact) mass is 424 g/mol. The fourth-order valence-electron chi connectivity index (χ4n) is 2.90. The van der Waals surface area contributed by atoms with Crippen LogP contribution in [-0.4, -0.2) is 37.5 Å². The largest absolute Gasteiger partial charge is 0.480 e. The van der Waals surface area contributed by atoms with Gasteiger partial charge in [-0.05, 0) is 36.5 Å². The van der Waals surface area contributed by atoms with E-state index in [1.807, 2.05) is 32.9 Å². The minimum atomic E-state index is -0.970. The van der Waals surface area contributed by atoms with Crippen LogP contribution in [0.25, 0.3) is 0 Å². The van der Waals surface area contributed by atoms with Gasteiger partial charge in [0.05, 0.1) is 5.75 Å². The summed E-state index contributed by atoms with van der Waals surface area (Å²) in [6, 6.07) is 3.78. The van der Waals surface area contributed by atoms with Gasteiger partial charge in [-0.1, -0.05) is 50.2 Å². The van der Waals surface area contributed by atoms with Crippen LogP contribution in [-0.2, 0) is 35.4 Å². The zero-order valence-electron chi connectivity index (χ0n) is 16.3. The highest BCUT2D eigenvalue weighted by atomic mass is 35.5. The number of thioether (sulfide) groups is 1. The van der Waals surface area contributed by atoms with Crippen LogP contribution < -0.4 is 5.32 Å². The van der Waals surface area contributed by atoms with Crippen molar-refractivity contribution in [2.24, 2.45) is 0 Å². The molecule has 152 valence electrons. The highest BCUT2D eigenvalue weighted by Crippen LogP contribution is 2.30. The third kappa shape index (κ3) is 5.48. The molecule has 0 saturated heterocycles. The molecule has 7 nitrogen and oxygen atoms in total. The number of carbonyl (C=O) groups is 2. The number of nitrogens with one attached hydrogen (secondary N) is 1. The van der Waals surface area contributed by atoms with Crippen molar-refractivity contribution in [1.29, 1.82) is 0 Å². The lowest BCUT2D eigenvalue weighted by molar-refractivity contribution is -0.137. The van der Waals surface area contributed by atoms with E-state index in [9.17, 15) is 9.59 Å². The van der Waals surface area contributed by atoms with E-state index in [0.717, 1.165) is 29.7 Å². The Balaban J connectivity index is 2.14. The Labute approximate surface area is 173 Å². The molecule has 0 spiro atoms. The Morgan fingerprint density at radius 3 is 2.57 bits per heavy atom. The molecule has 0 radical (unpaired) electrons.